The Hall–Kier alpha value is -3.04. The van der Waals surface area contributed by atoms with Gasteiger partial charge < -0.3 is 19.3 Å². The van der Waals surface area contributed by atoms with Gasteiger partial charge in [-0.2, -0.15) is 0 Å². The summed E-state index contributed by atoms with van der Waals surface area (Å²) in [5.41, 5.74) is 0.827. The zero-order valence-electron chi connectivity index (χ0n) is 17.5. The molecule has 0 fully saturated rings. The number of amides is 1. The zero-order chi connectivity index (χ0) is 23.3. The van der Waals surface area contributed by atoms with Crippen LogP contribution in [0.4, 0.5) is 0 Å². The molecule has 0 aromatic heterocycles. The number of aliphatic hydroxyl groups is 1. The number of carbonyl (C=O) groups excluding carboxylic acids is 2. The van der Waals surface area contributed by atoms with Gasteiger partial charge in [-0.25, -0.2) is 9.79 Å². The molecule has 7 nitrogen and oxygen atoms in total. The van der Waals surface area contributed by atoms with Gasteiger partial charge >= 0.3 is 5.97 Å². The first kappa shape index (κ1) is 23.6. The number of aliphatic hydroxyl groups excluding tert-OH is 1. The molecule has 32 heavy (non-hydrogen) atoms. The van der Waals surface area contributed by atoms with Gasteiger partial charge in [0.05, 0.1) is 30.2 Å². The molecular weight excluding hydrogens is 498 g/mol. The van der Waals surface area contributed by atoms with Crippen molar-refractivity contribution in [2.45, 2.75) is 6.92 Å². The van der Waals surface area contributed by atoms with Crippen molar-refractivity contribution in [1.29, 1.82) is 0 Å². The van der Waals surface area contributed by atoms with E-state index in [1.54, 1.807) is 55.5 Å². The highest BCUT2D eigenvalue weighted by Gasteiger charge is 2.34. The average Bonchev–Trinajstić information content (AvgIpc) is 3.09. The third kappa shape index (κ3) is 5.05. The van der Waals surface area contributed by atoms with E-state index in [0.717, 1.165) is 11.8 Å². The third-order valence-electron chi connectivity index (χ3n) is 4.38. The number of hydrogen-bond donors (Lipinski definition) is 1. The molecule has 0 spiro atoms. The molecule has 0 saturated heterocycles. The molecule has 0 bridgehead atoms. The fourth-order valence-electron chi connectivity index (χ4n) is 2.87. The summed E-state index contributed by atoms with van der Waals surface area (Å²) < 4.78 is 16.5. The van der Waals surface area contributed by atoms with Crippen LogP contribution in [0.25, 0.3) is 6.08 Å². The van der Waals surface area contributed by atoms with Crippen molar-refractivity contribution in [1.82, 2.24) is 0 Å². The quantitative estimate of drug-likeness (QED) is 0.528. The first-order chi connectivity index (χ1) is 15.4. The molecule has 1 heterocycles. The van der Waals surface area contributed by atoms with Crippen molar-refractivity contribution in [3.63, 3.8) is 0 Å². The van der Waals surface area contributed by atoms with E-state index in [1.807, 2.05) is 0 Å². The van der Waals surface area contributed by atoms with Gasteiger partial charge in [-0.3, -0.25) is 4.79 Å². The third-order valence-corrected chi connectivity index (χ3v) is 6.02. The molecule has 1 aliphatic heterocycles. The van der Waals surface area contributed by atoms with Gasteiger partial charge in [-0.05, 0) is 47.1 Å². The van der Waals surface area contributed by atoms with Crippen LogP contribution in [-0.4, -0.2) is 42.9 Å². The molecule has 0 radical (unpaired) electrons. The van der Waals surface area contributed by atoms with Crippen LogP contribution in [0.1, 0.15) is 22.8 Å². The SMILES string of the molecule is CCOC(=O)C1=C(O)/C(=C\c2cc(Br)c(OC)cc2OC)SC1=NC(=O)c1ccccc1. The van der Waals surface area contributed by atoms with E-state index in [2.05, 4.69) is 20.9 Å². The number of rotatable bonds is 6. The van der Waals surface area contributed by atoms with Crippen molar-refractivity contribution >= 4 is 50.7 Å². The van der Waals surface area contributed by atoms with Crippen molar-refractivity contribution in [3.05, 3.63) is 74.3 Å². The summed E-state index contributed by atoms with van der Waals surface area (Å²) in [6.45, 7) is 1.76. The van der Waals surface area contributed by atoms with E-state index >= 15 is 0 Å². The topological polar surface area (TPSA) is 94.4 Å². The number of esters is 1. The molecule has 1 aliphatic rings. The summed E-state index contributed by atoms with van der Waals surface area (Å²) in [6, 6.07) is 11.9. The molecule has 166 valence electrons. The van der Waals surface area contributed by atoms with E-state index in [9.17, 15) is 14.7 Å². The van der Waals surface area contributed by atoms with Crippen LogP contribution < -0.4 is 9.47 Å². The summed E-state index contributed by atoms with van der Waals surface area (Å²) in [6.07, 6.45) is 1.64. The Morgan fingerprint density at radius 1 is 1.12 bits per heavy atom. The van der Waals surface area contributed by atoms with Gasteiger partial charge in [0.25, 0.3) is 5.91 Å². The number of hydrogen-bond acceptors (Lipinski definition) is 7. The van der Waals surface area contributed by atoms with Crippen molar-refractivity contribution in [2.24, 2.45) is 4.99 Å². The Kier molecular flexibility index (Phi) is 7.76. The molecule has 9 heteroatoms. The van der Waals surface area contributed by atoms with E-state index < -0.39 is 11.9 Å². The van der Waals surface area contributed by atoms with Crippen LogP contribution >= 0.6 is 27.7 Å². The summed E-state index contributed by atoms with van der Waals surface area (Å²) in [4.78, 5) is 29.5. The highest BCUT2D eigenvalue weighted by molar-refractivity contribution is 9.10. The van der Waals surface area contributed by atoms with Crippen molar-refractivity contribution in [2.75, 3.05) is 20.8 Å². The molecule has 0 atom stereocenters. The number of halogens is 1. The predicted octanol–water partition coefficient (Wildman–Crippen LogP) is 5.17. The minimum Gasteiger partial charge on any atom is -0.506 e. The summed E-state index contributed by atoms with van der Waals surface area (Å²) >= 11 is 4.42. The molecule has 3 rings (SSSR count). The van der Waals surface area contributed by atoms with Crippen LogP contribution in [0.2, 0.25) is 0 Å². The number of methoxy groups -OCH3 is 2. The maximum atomic E-state index is 12.6. The fraction of sp³-hybridized carbons (Fsp3) is 0.174. The van der Waals surface area contributed by atoms with Gasteiger partial charge in [0, 0.05) is 17.2 Å². The fourth-order valence-corrected chi connectivity index (χ4v) is 4.39. The number of benzene rings is 2. The van der Waals surface area contributed by atoms with Gasteiger partial charge in [0.2, 0.25) is 0 Å². The van der Waals surface area contributed by atoms with Crippen LogP contribution in [0.5, 0.6) is 11.5 Å². The second kappa shape index (κ2) is 10.5. The Bertz CT molecular complexity index is 1140. The zero-order valence-corrected chi connectivity index (χ0v) is 20.0. The lowest BCUT2D eigenvalue weighted by atomic mass is 10.1. The maximum absolute atomic E-state index is 12.6. The smallest absolute Gasteiger partial charge is 0.344 e. The van der Waals surface area contributed by atoms with Gasteiger partial charge in [-0.15, -0.1) is 0 Å². The van der Waals surface area contributed by atoms with Crippen LogP contribution in [0, 0.1) is 0 Å². The predicted molar refractivity (Wildman–Crippen MR) is 127 cm³/mol. The first-order valence-corrected chi connectivity index (χ1v) is 11.1. The second-order valence-electron chi connectivity index (χ2n) is 6.37. The normalized spacial score (nSPS) is 15.9. The minimum absolute atomic E-state index is 0.0626. The number of aliphatic imine (C=N–C) groups is 1. The Morgan fingerprint density at radius 3 is 2.44 bits per heavy atom. The lowest BCUT2D eigenvalue weighted by Gasteiger charge is -2.10. The second-order valence-corrected chi connectivity index (χ2v) is 8.26. The molecular formula is C23H20BrNO6S. The number of nitrogens with zero attached hydrogens (tertiary/aromatic N) is 1. The number of carbonyl (C=O) groups is 2. The number of thioether (sulfide) groups is 1. The van der Waals surface area contributed by atoms with Crippen molar-refractivity contribution in [3.8, 4) is 11.5 Å². The monoisotopic (exact) mass is 517 g/mol. The minimum atomic E-state index is -0.761. The molecule has 0 saturated carbocycles. The summed E-state index contributed by atoms with van der Waals surface area (Å²) in [5, 5.41) is 10.9. The van der Waals surface area contributed by atoms with Crippen LogP contribution in [0.3, 0.4) is 0 Å². The average molecular weight is 518 g/mol. The molecule has 1 amide bonds. The largest absolute Gasteiger partial charge is 0.506 e. The molecule has 0 unspecified atom stereocenters. The first-order valence-electron chi connectivity index (χ1n) is 9.49. The van der Waals surface area contributed by atoms with E-state index in [1.165, 1.54) is 14.2 Å². The highest BCUT2D eigenvalue weighted by atomic mass is 79.9. The Morgan fingerprint density at radius 2 is 1.81 bits per heavy atom. The van der Waals surface area contributed by atoms with Gasteiger partial charge in [0.15, 0.2) is 0 Å². The molecule has 0 aliphatic carbocycles. The molecule has 2 aromatic rings. The highest BCUT2D eigenvalue weighted by Crippen LogP contribution is 2.41. The lowest BCUT2D eigenvalue weighted by molar-refractivity contribution is -0.138. The Balaban J connectivity index is 2.07. The summed E-state index contributed by atoms with van der Waals surface area (Å²) in [7, 11) is 3.05. The number of ether oxygens (including phenoxy) is 3. The van der Waals surface area contributed by atoms with Gasteiger partial charge in [0.1, 0.15) is 27.9 Å². The van der Waals surface area contributed by atoms with Gasteiger partial charge in [-0.1, -0.05) is 30.0 Å². The lowest BCUT2D eigenvalue weighted by Crippen LogP contribution is -2.14. The molecule has 2 aromatic carbocycles. The van der Waals surface area contributed by atoms with Crippen LogP contribution in [0.15, 0.2) is 68.2 Å². The van der Waals surface area contributed by atoms with E-state index in [4.69, 9.17) is 14.2 Å². The van der Waals surface area contributed by atoms with E-state index in [0.29, 0.717) is 32.0 Å². The molecule has 1 N–H and O–H groups in total. The maximum Gasteiger partial charge on any atom is 0.344 e. The Labute approximate surface area is 197 Å². The van der Waals surface area contributed by atoms with Crippen molar-refractivity contribution < 1.29 is 28.9 Å². The van der Waals surface area contributed by atoms with E-state index in [-0.39, 0.29) is 23.0 Å². The standard InChI is InChI=1S/C23H20BrNO6S/c1-4-31-23(28)19-20(26)18(11-14-10-15(24)17(30-3)12-16(14)29-2)32-22(19)25-21(27)13-8-6-5-7-9-13/h5-12,26H,4H2,1-3H3/b18-11+,25-22?. The van der Waals surface area contributed by atoms with Crippen LogP contribution in [-0.2, 0) is 9.53 Å². The summed E-state index contributed by atoms with van der Waals surface area (Å²) in [5.74, 6) is -0.542.